The molecule has 1 aliphatic rings. The summed E-state index contributed by atoms with van der Waals surface area (Å²) in [5, 5.41) is 19.3. The van der Waals surface area contributed by atoms with Gasteiger partial charge in [0.2, 0.25) is 0 Å². The highest BCUT2D eigenvalue weighted by Gasteiger charge is 2.27. The minimum Gasteiger partial charge on any atom is -0.444 e. The number of anilines is 1. The summed E-state index contributed by atoms with van der Waals surface area (Å²) in [4.78, 5) is 26.1. The molecule has 2 aromatic rings. The predicted molar refractivity (Wildman–Crippen MR) is 95.9 cm³/mol. The van der Waals surface area contributed by atoms with Crippen molar-refractivity contribution in [2.45, 2.75) is 39.5 Å². The minimum absolute atomic E-state index is 0.332. The van der Waals surface area contributed by atoms with E-state index in [9.17, 15) is 9.59 Å². The average molecular weight is 373 g/mol. The van der Waals surface area contributed by atoms with E-state index in [4.69, 9.17) is 10.00 Å². The first-order valence-electron chi connectivity index (χ1n) is 8.09. The lowest BCUT2D eigenvalue weighted by Gasteiger charge is -2.30. The molecule has 26 heavy (non-hydrogen) atoms. The Kier molecular flexibility index (Phi) is 4.70. The van der Waals surface area contributed by atoms with Crippen LogP contribution in [0, 0.1) is 11.3 Å². The van der Waals surface area contributed by atoms with Gasteiger partial charge in [-0.2, -0.15) is 21.7 Å². The summed E-state index contributed by atoms with van der Waals surface area (Å²) in [5.41, 5.74) is 0.932. The molecule has 0 fully saturated rings. The highest BCUT2D eigenvalue weighted by molar-refractivity contribution is 7.08. The van der Waals surface area contributed by atoms with Crippen molar-refractivity contribution in [2.24, 2.45) is 0 Å². The highest BCUT2D eigenvalue weighted by atomic mass is 32.1. The molecule has 0 bridgehead atoms. The molecule has 136 valence electrons. The van der Waals surface area contributed by atoms with Crippen LogP contribution in [0.25, 0.3) is 0 Å². The maximum Gasteiger partial charge on any atom is 0.410 e. The second kappa shape index (κ2) is 6.80. The van der Waals surface area contributed by atoms with Gasteiger partial charge in [0, 0.05) is 23.4 Å². The lowest BCUT2D eigenvalue weighted by Crippen LogP contribution is -2.41. The number of nitriles is 1. The molecule has 0 saturated heterocycles. The van der Waals surface area contributed by atoms with Crippen LogP contribution >= 0.6 is 11.3 Å². The Hall–Kier alpha value is -2.86. The second-order valence-corrected chi connectivity index (χ2v) is 7.65. The van der Waals surface area contributed by atoms with E-state index >= 15 is 0 Å². The van der Waals surface area contributed by atoms with Crippen molar-refractivity contribution in [3.05, 3.63) is 33.6 Å². The third kappa shape index (κ3) is 3.86. The monoisotopic (exact) mass is 373 g/mol. The number of amides is 2. The molecule has 1 aliphatic heterocycles. The van der Waals surface area contributed by atoms with Crippen molar-refractivity contribution in [3.8, 4) is 6.07 Å². The van der Waals surface area contributed by atoms with Crippen LogP contribution in [-0.4, -0.2) is 38.8 Å². The third-order valence-electron chi connectivity index (χ3n) is 3.72. The fourth-order valence-corrected chi connectivity index (χ4v) is 3.31. The van der Waals surface area contributed by atoms with E-state index in [1.807, 2.05) is 26.8 Å². The Morgan fingerprint density at radius 1 is 1.35 bits per heavy atom. The molecule has 2 aromatic heterocycles. The van der Waals surface area contributed by atoms with E-state index in [2.05, 4.69) is 10.4 Å². The van der Waals surface area contributed by atoms with E-state index in [0.29, 0.717) is 36.6 Å². The van der Waals surface area contributed by atoms with Gasteiger partial charge in [-0.25, -0.2) is 4.79 Å². The molecule has 2 amide bonds. The normalized spacial score (nSPS) is 13.7. The molecule has 9 heteroatoms. The Bertz CT molecular complexity index is 887. The molecule has 0 aromatic carbocycles. The standard InChI is InChI=1S/C17H19N5O3S/c1-17(2,3)25-16(24)21-4-5-22-12(8-21)6-14(20-22)19-15(23)13-10-26-9-11(13)7-18/h6,9-10H,4-5,8H2,1-3H3,(H,19,20,23). The van der Waals surface area contributed by atoms with E-state index in [1.165, 1.54) is 11.3 Å². The summed E-state index contributed by atoms with van der Waals surface area (Å²) in [6.07, 6.45) is -0.368. The number of aromatic nitrogens is 2. The highest BCUT2D eigenvalue weighted by Crippen LogP contribution is 2.21. The van der Waals surface area contributed by atoms with Crippen molar-refractivity contribution in [1.29, 1.82) is 5.26 Å². The largest absolute Gasteiger partial charge is 0.444 e. The van der Waals surface area contributed by atoms with E-state index in [-0.39, 0.29) is 12.0 Å². The number of hydrogen-bond acceptors (Lipinski definition) is 6. The van der Waals surface area contributed by atoms with Crippen LogP contribution in [0.15, 0.2) is 16.8 Å². The molecule has 8 nitrogen and oxygen atoms in total. The van der Waals surface area contributed by atoms with Crippen LogP contribution in [0.3, 0.4) is 0 Å². The van der Waals surface area contributed by atoms with Crippen molar-refractivity contribution in [2.75, 3.05) is 11.9 Å². The van der Waals surface area contributed by atoms with Gasteiger partial charge in [0.25, 0.3) is 5.91 Å². The van der Waals surface area contributed by atoms with Crippen LogP contribution in [0.4, 0.5) is 10.6 Å². The molecule has 3 rings (SSSR count). The number of rotatable bonds is 2. The van der Waals surface area contributed by atoms with Crippen LogP contribution in [0.1, 0.15) is 42.4 Å². The smallest absolute Gasteiger partial charge is 0.410 e. The summed E-state index contributed by atoms with van der Waals surface area (Å²) < 4.78 is 7.16. The summed E-state index contributed by atoms with van der Waals surface area (Å²) >= 11 is 1.30. The summed E-state index contributed by atoms with van der Waals surface area (Å²) in [6, 6.07) is 3.72. The molecule has 0 saturated carbocycles. The van der Waals surface area contributed by atoms with Gasteiger partial charge in [-0.15, -0.1) is 0 Å². The maximum absolute atomic E-state index is 12.3. The Morgan fingerprint density at radius 2 is 2.12 bits per heavy atom. The molecule has 0 radical (unpaired) electrons. The third-order valence-corrected chi connectivity index (χ3v) is 4.46. The molecule has 0 unspecified atom stereocenters. The predicted octanol–water partition coefficient (Wildman–Crippen LogP) is 2.82. The summed E-state index contributed by atoms with van der Waals surface area (Å²) in [5.74, 6) is 0.0216. The van der Waals surface area contributed by atoms with Gasteiger partial charge in [-0.1, -0.05) is 0 Å². The van der Waals surface area contributed by atoms with Gasteiger partial charge in [0.05, 0.1) is 29.9 Å². The van der Waals surface area contributed by atoms with Crippen molar-refractivity contribution >= 4 is 29.2 Å². The van der Waals surface area contributed by atoms with E-state index < -0.39 is 5.60 Å². The first-order valence-corrected chi connectivity index (χ1v) is 9.03. The first kappa shape index (κ1) is 17.9. The quantitative estimate of drug-likeness (QED) is 0.872. The van der Waals surface area contributed by atoms with E-state index in [1.54, 1.807) is 26.4 Å². The van der Waals surface area contributed by atoms with Crippen molar-refractivity contribution < 1.29 is 14.3 Å². The Labute approximate surface area is 155 Å². The molecule has 3 heterocycles. The molecule has 0 spiro atoms. The number of carbonyl (C=O) groups is 2. The summed E-state index contributed by atoms with van der Waals surface area (Å²) in [6.45, 7) is 6.85. The Balaban J connectivity index is 1.69. The zero-order valence-electron chi connectivity index (χ0n) is 14.8. The van der Waals surface area contributed by atoms with Crippen LogP contribution < -0.4 is 5.32 Å². The molecule has 1 N–H and O–H groups in total. The van der Waals surface area contributed by atoms with Gasteiger partial charge in [-0.05, 0) is 20.8 Å². The zero-order valence-corrected chi connectivity index (χ0v) is 15.6. The lowest BCUT2D eigenvalue weighted by atomic mass is 10.2. The van der Waals surface area contributed by atoms with Crippen LogP contribution in [-0.2, 0) is 17.8 Å². The summed E-state index contributed by atoms with van der Waals surface area (Å²) in [7, 11) is 0. The van der Waals surface area contributed by atoms with Crippen LogP contribution in [0.2, 0.25) is 0 Å². The van der Waals surface area contributed by atoms with E-state index in [0.717, 1.165) is 5.69 Å². The lowest BCUT2D eigenvalue weighted by molar-refractivity contribution is 0.0194. The molecular weight excluding hydrogens is 354 g/mol. The minimum atomic E-state index is -0.549. The molecule has 0 atom stereocenters. The average Bonchev–Trinajstić information content (AvgIpc) is 3.18. The Morgan fingerprint density at radius 3 is 2.81 bits per heavy atom. The molecule has 0 aliphatic carbocycles. The second-order valence-electron chi connectivity index (χ2n) is 6.91. The fraction of sp³-hybridized carbons (Fsp3) is 0.412. The van der Waals surface area contributed by atoms with Gasteiger partial charge in [0.15, 0.2) is 5.82 Å². The number of fused-ring (bicyclic) bond motifs is 1. The molecular formula is C17H19N5O3S. The number of nitrogens with zero attached hydrogens (tertiary/aromatic N) is 4. The van der Waals surface area contributed by atoms with Crippen molar-refractivity contribution in [3.63, 3.8) is 0 Å². The van der Waals surface area contributed by atoms with Gasteiger partial charge in [0.1, 0.15) is 11.7 Å². The van der Waals surface area contributed by atoms with Gasteiger partial charge < -0.3 is 15.0 Å². The van der Waals surface area contributed by atoms with Crippen LogP contribution in [0.5, 0.6) is 0 Å². The maximum atomic E-state index is 12.3. The number of nitrogens with one attached hydrogen (secondary N) is 1. The van der Waals surface area contributed by atoms with Gasteiger partial charge in [-0.3, -0.25) is 9.48 Å². The van der Waals surface area contributed by atoms with Gasteiger partial charge >= 0.3 is 6.09 Å². The van der Waals surface area contributed by atoms with Crippen molar-refractivity contribution in [1.82, 2.24) is 14.7 Å². The number of thiophene rings is 1. The topological polar surface area (TPSA) is 100 Å². The number of carbonyl (C=O) groups excluding carboxylic acids is 2. The number of ether oxygens (including phenoxy) is 1. The number of hydrogen-bond donors (Lipinski definition) is 1. The first-order chi connectivity index (χ1) is 12.3. The zero-order chi connectivity index (χ0) is 18.9. The SMILES string of the molecule is CC(C)(C)OC(=O)N1CCn2nc(NC(=O)c3cscc3C#N)cc2C1. The fourth-order valence-electron chi connectivity index (χ4n) is 2.55.